The Balaban J connectivity index is 1.76. The van der Waals surface area contributed by atoms with Crippen LogP contribution in [0.2, 0.25) is 0 Å². The number of aryl methyl sites for hydroxylation is 1. The van der Waals surface area contributed by atoms with Gasteiger partial charge in [0, 0.05) is 0 Å². The Morgan fingerprint density at radius 3 is 1.81 bits per heavy atom. The highest BCUT2D eigenvalue weighted by Gasteiger charge is 1.95. The molecule has 1 aromatic rings. The summed E-state index contributed by atoms with van der Waals surface area (Å²) in [5.41, 5.74) is 1.47. The van der Waals surface area contributed by atoms with Crippen LogP contribution in [0.5, 0.6) is 0 Å². The molecule has 2 nitrogen and oxygen atoms in total. The standard InChI is InChI=1S/C19H29O2/c20-18-21-17-13-8-6-4-2-1-3-5-7-10-14-19-15-11-9-12-16-19/h9,11-12,15-16H,1-8,10,13-14,17H2. The van der Waals surface area contributed by atoms with E-state index in [-0.39, 0.29) is 0 Å². The molecule has 0 N–H and O–H groups in total. The maximum atomic E-state index is 9.82. The van der Waals surface area contributed by atoms with Gasteiger partial charge in [-0.25, -0.2) is 4.79 Å². The number of carbonyl (C=O) groups excluding carboxylic acids is 1. The normalized spacial score (nSPS) is 10.5. The summed E-state index contributed by atoms with van der Waals surface area (Å²) in [5, 5.41) is 0. The highest BCUT2D eigenvalue weighted by molar-refractivity contribution is 5.37. The third-order valence-corrected chi connectivity index (χ3v) is 3.86. The van der Waals surface area contributed by atoms with Crippen molar-refractivity contribution in [1.29, 1.82) is 0 Å². The Morgan fingerprint density at radius 1 is 0.714 bits per heavy atom. The average Bonchev–Trinajstić information content (AvgIpc) is 2.53. The Kier molecular flexibility index (Phi) is 11.5. The number of hydrogen-bond donors (Lipinski definition) is 0. The van der Waals surface area contributed by atoms with Crippen LogP contribution in [0.25, 0.3) is 0 Å². The second-order valence-electron chi connectivity index (χ2n) is 5.70. The van der Waals surface area contributed by atoms with E-state index in [0.29, 0.717) is 6.61 Å². The second-order valence-corrected chi connectivity index (χ2v) is 5.70. The average molecular weight is 289 g/mol. The summed E-state index contributed by atoms with van der Waals surface area (Å²) in [6, 6.07) is 10.8. The number of rotatable bonds is 14. The van der Waals surface area contributed by atoms with Crippen molar-refractivity contribution in [2.75, 3.05) is 6.61 Å². The summed E-state index contributed by atoms with van der Waals surface area (Å²) < 4.78 is 4.54. The van der Waals surface area contributed by atoms with Gasteiger partial charge >= 0.3 is 6.47 Å². The van der Waals surface area contributed by atoms with E-state index in [4.69, 9.17) is 0 Å². The zero-order valence-corrected chi connectivity index (χ0v) is 13.2. The molecule has 0 spiro atoms. The molecule has 21 heavy (non-hydrogen) atoms. The third kappa shape index (κ3) is 11.1. The monoisotopic (exact) mass is 289 g/mol. The molecule has 1 aromatic carbocycles. The fourth-order valence-corrected chi connectivity index (χ4v) is 2.60. The molecule has 0 aliphatic rings. The summed E-state index contributed by atoms with van der Waals surface area (Å²) in [6.07, 6.45) is 14.1. The number of ether oxygens (including phenoxy) is 1. The lowest BCUT2D eigenvalue weighted by atomic mass is 10.0. The summed E-state index contributed by atoms with van der Waals surface area (Å²) in [6.45, 7) is 2.00. The van der Waals surface area contributed by atoms with Crippen LogP contribution in [0.4, 0.5) is 0 Å². The Bertz CT molecular complexity index is 335. The minimum atomic E-state index is 0.533. The van der Waals surface area contributed by atoms with Crippen LogP contribution in [0, 0.1) is 0 Å². The van der Waals surface area contributed by atoms with E-state index in [9.17, 15) is 4.79 Å². The molecule has 2 heteroatoms. The largest absolute Gasteiger partial charge is 0.457 e. The smallest absolute Gasteiger partial charge is 0.417 e. The zero-order valence-electron chi connectivity index (χ0n) is 13.2. The van der Waals surface area contributed by atoms with Crippen molar-refractivity contribution in [3.63, 3.8) is 0 Å². The lowest BCUT2D eigenvalue weighted by Crippen LogP contribution is -1.91. The molecule has 0 amide bonds. The van der Waals surface area contributed by atoms with Gasteiger partial charge in [0.05, 0.1) is 6.61 Å². The molecule has 0 atom stereocenters. The van der Waals surface area contributed by atoms with Gasteiger partial charge in [-0.1, -0.05) is 81.7 Å². The molecule has 0 aromatic heterocycles. The first-order valence-electron chi connectivity index (χ1n) is 8.46. The molecule has 0 unspecified atom stereocenters. The van der Waals surface area contributed by atoms with Crippen LogP contribution in [0.3, 0.4) is 0 Å². The number of benzene rings is 1. The Labute approximate surface area is 129 Å². The van der Waals surface area contributed by atoms with Gasteiger partial charge in [0.15, 0.2) is 0 Å². The predicted octanol–water partition coefficient (Wildman–Crippen LogP) is 5.21. The van der Waals surface area contributed by atoms with Crippen LogP contribution in [0.15, 0.2) is 30.3 Å². The van der Waals surface area contributed by atoms with E-state index in [1.807, 2.05) is 0 Å². The molecule has 0 heterocycles. The van der Waals surface area contributed by atoms with Gasteiger partial charge in [-0.05, 0) is 24.8 Å². The maximum absolute atomic E-state index is 9.82. The summed E-state index contributed by atoms with van der Waals surface area (Å²) in [7, 11) is 0. The van der Waals surface area contributed by atoms with E-state index in [1.165, 1.54) is 76.2 Å². The van der Waals surface area contributed by atoms with Crippen LogP contribution in [-0.4, -0.2) is 13.1 Å². The van der Waals surface area contributed by atoms with Gasteiger partial charge in [0.25, 0.3) is 0 Å². The topological polar surface area (TPSA) is 26.3 Å². The lowest BCUT2D eigenvalue weighted by Gasteiger charge is -2.03. The zero-order chi connectivity index (χ0) is 15.0. The summed E-state index contributed by atoms with van der Waals surface area (Å²) >= 11 is 0. The molecule has 1 rings (SSSR count). The van der Waals surface area contributed by atoms with Crippen molar-refractivity contribution >= 4 is 6.47 Å². The predicted molar refractivity (Wildman–Crippen MR) is 88.0 cm³/mol. The van der Waals surface area contributed by atoms with Gasteiger partial charge in [-0.3, -0.25) is 0 Å². The van der Waals surface area contributed by atoms with Crippen molar-refractivity contribution in [3.8, 4) is 0 Å². The van der Waals surface area contributed by atoms with Gasteiger partial charge in [-0.15, -0.1) is 0 Å². The summed E-state index contributed by atoms with van der Waals surface area (Å²) in [4.78, 5) is 9.82. The third-order valence-electron chi connectivity index (χ3n) is 3.86. The molecule has 0 fully saturated rings. The van der Waals surface area contributed by atoms with Gasteiger partial charge in [-0.2, -0.15) is 0 Å². The first-order chi connectivity index (χ1) is 10.4. The van der Waals surface area contributed by atoms with Crippen molar-refractivity contribution in [3.05, 3.63) is 35.9 Å². The van der Waals surface area contributed by atoms with E-state index >= 15 is 0 Å². The van der Waals surface area contributed by atoms with Gasteiger partial charge in [0.1, 0.15) is 0 Å². The van der Waals surface area contributed by atoms with Gasteiger partial charge < -0.3 is 4.74 Å². The van der Waals surface area contributed by atoms with E-state index < -0.39 is 0 Å². The van der Waals surface area contributed by atoms with E-state index in [2.05, 4.69) is 35.1 Å². The first kappa shape index (κ1) is 17.7. The maximum Gasteiger partial charge on any atom is 0.417 e. The van der Waals surface area contributed by atoms with E-state index in [1.54, 1.807) is 0 Å². The molecule has 0 aliphatic heterocycles. The van der Waals surface area contributed by atoms with Gasteiger partial charge in [0.2, 0.25) is 0 Å². The Hall–Kier alpha value is -1.31. The van der Waals surface area contributed by atoms with Crippen molar-refractivity contribution in [1.82, 2.24) is 0 Å². The molecular formula is C19H29O2. The van der Waals surface area contributed by atoms with Crippen LogP contribution in [-0.2, 0) is 16.0 Å². The molecule has 0 bridgehead atoms. The SMILES string of the molecule is O=[C]OCCCCCCCCCCCCc1ccccc1. The first-order valence-corrected chi connectivity index (χ1v) is 8.46. The molecule has 0 saturated carbocycles. The molecule has 1 radical (unpaired) electrons. The van der Waals surface area contributed by atoms with Crippen molar-refractivity contribution < 1.29 is 9.53 Å². The highest BCUT2D eigenvalue weighted by Crippen LogP contribution is 2.12. The van der Waals surface area contributed by atoms with Crippen molar-refractivity contribution in [2.45, 2.75) is 70.6 Å². The Morgan fingerprint density at radius 2 is 1.24 bits per heavy atom. The lowest BCUT2D eigenvalue weighted by molar-refractivity contribution is 0.268. The quantitative estimate of drug-likeness (QED) is 0.439. The van der Waals surface area contributed by atoms with Crippen LogP contribution >= 0.6 is 0 Å². The second kappa shape index (κ2) is 13.7. The minimum Gasteiger partial charge on any atom is -0.457 e. The van der Waals surface area contributed by atoms with Crippen LogP contribution in [0.1, 0.15) is 69.8 Å². The molecular weight excluding hydrogens is 260 g/mol. The fraction of sp³-hybridized carbons (Fsp3) is 0.632. The summed E-state index contributed by atoms with van der Waals surface area (Å²) in [5.74, 6) is 0. The number of unbranched alkanes of at least 4 members (excludes halogenated alkanes) is 9. The minimum absolute atomic E-state index is 0.533. The molecule has 0 aliphatic carbocycles. The fourth-order valence-electron chi connectivity index (χ4n) is 2.60. The molecule has 117 valence electrons. The van der Waals surface area contributed by atoms with Crippen LogP contribution < -0.4 is 0 Å². The van der Waals surface area contributed by atoms with Crippen molar-refractivity contribution in [2.24, 2.45) is 0 Å². The number of hydrogen-bond acceptors (Lipinski definition) is 2. The highest BCUT2D eigenvalue weighted by atomic mass is 16.5. The molecule has 0 saturated heterocycles. The van der Waals surface area contributed by atoms with E-state index in [0.717, 1.165) is 6.42 Å².